The molecule has 1 amide bonds. The van der Waals surface area contributed by atoms with Gasteiger partial charge in [0.2, 0.25) is 0 Å². The van der Waals surface area contributed by atoms with Gasteiger partial charge in [-0.3, -0.25) is 4.79 Å². The van der Waals surface area contributed by atoms with Crippen LogP contribution in [-0.4, -0.2) is 36.3 Å². The molecule has 0 aliphatic carbocycles. The van der Waals surface area contributed by atoms with E-state index < -0.39 is 0 Å². The Balaban J connectivity index is 1.45. The number of aromatic amines is 1. The number of ether oxygens (including phenoxy) is 2. The highest BCUT2D eigenvalue weighted by Gasteiger charge is 2.09. The first-order valence-electron chi connectivity index (χ1n) is 10.1. The molecule has 7 nitrogen and oxygen atoms in total. The van der Waals surface area contributed by atoms with Gasteiger partial charge in [0, 0.05) is 11.1 Å². The Morgan fingerprint density at radius 1 is 0.969 bits per heavy atom. The largest absolute Gasteiger partial charge is 0.493 e. The van der Waals surface area contributed by atoms with Crippen molar-refractivity contribution in [2.45, 2.75) is 13.8 Å². The quantitative estimate of drug-likeness (QED) is 0.346. The Morgan fingerprint density at radius 2 is 1.69 bits per heavy atom. The maximum atomic E-state index is 12.4. The molecule has 0 radical (unpaired) electrons. The van der Waals surface area contributed by atoms with Crippen molar-refractivity contribution < 1.29 is 14.3 Å². The second kappa shape index (κ2) is 8.93. The van der Waals surface area contributed by atoms with Crippen LogP contribution in [0.1, 0.15) is 27.0 Å². The number of hydrazone groups is 1. The van der Waals surface area contributed by atoms with Crippen LogP contribution in [0.2, 0.25) is 0 Å². The molecule has 0 aliphatic rings. The number of aryl methyl sites for hydroxylation is 2. The van der Waals surface area contributed by atoms with Gasteiger partial charge in [0.15, 0.2) is 11.5 Å². The second-order valence-corrected chi connectivity index (χ2v) is 7.43. The molecule has 0 saturated heterocycles. The van der Waals surface area contributed by atoms with E-state index in [1.54, 1.807) is 44.7 Å². The lowest BCUT2D eigenvalue weighted by Gasteiger charge is -2.07. The highest BCUT2D eigenvalue weighted by molar-refractivity contribution is 5.95. The van der Waals surface area contributed by atoms with Crippen molar-refractivity contribution in [2.24, 2.45) is 5.10 Å². The fourth-order valence-corrected chi connectivity index (χ4v) is 3.35. The third kappa shape index (κ3) is 4.32. The highest BCUT2D eigenvalue weighted by atomic mass is 16.5. The third-order valence-electron chi connectivity index (χ3n) is 5.31. The van der Waals surface area contributed by atoms with Crippen LogP contribution in [0.4, 0.5) is 0 Å². The zero-order chi connectivity index (χ0) is 22.7. The van der Waals surface area contributed by atoms with Gasteiger partial charge in [-0.25, -0.2) is 10.4 Å². The number of nitrogens with one attached hydrogen (secondary N) is 2. The molecule has 0 spiro atoms. The van der Waals surface area contributed by atoms with Crippen LogP contribution >= 0.6 is 0 Å². The molecule has 0 aliphatic heterocycles. The molecule has 0 bridgehead atoms. The molecule has 0 saturated carbocycles. The maximum absolute atomic E-state index is 12.4. The van der Waals surface area contributed by atoms with Crippen LogP contribution in [0.15, 0.2) is 59.7 Å². The Hall–Kier alpha value is -4.13. The van der Waals surface area contributed by atoms with Gasteiger partial charge in [0.25, 0.3) is 5.91 Å². The number of hydrogen-bond acceptors (Lipinski definition) is 5. The van der Waals surface area contributed by atoms with E-state index >= 15 is 0 Å². The van der Waals surface area contributed by atoms with Gasteiger partial charge in [-0.1, -0.05) is 12.1 Å². The van der Waals surface area contributed by atoms with Crippen LogP contribution in [-0.2, 0) is 0 Å². The lowest BCUT2D eigenvalue weighted by Crippen LogP contribution is -2.17. The summed E-state index contributed by atoms with van der Waals surface area (Å²) in [5.41, 5.74) is 9.06. The molecule has 4 rings (SSSR count). The zero-order valence-corrected chi connectivity index (χ0v) is 18.4. The molecule has 2 N–H and O–H groups in total. The van der Waals surface area contributed by atoms with Crippen LogP contribution in [0.5, 0.6) is 11.5 Å². The van der Waals surface area contributed by atoms with Crippen molar-refractivity contribution >= 4 is 23.2 Å². The number of hydrogen-bond donors (Lipinski definition) is 2. The van der Waals surface area contributed by atoms with E-state index in [1.165, 1.54) is 11.1 Å². The van der Waals surface area contributed by atoms with Gasteiger partial charge in [-0.2, -0.15) is 5.10 Å². The molecule has 3 aromatic carbocycles. The van der Waals surface area contributed by atoms with Crippen molar-refractivity contribution in [3.8, 4) is 22.9 Å². The van der Waals surface area contributed by atoms with Gasteiger partial charge in [0.1, 0.15) is 5.82 Å². The van der Waals surface area contributed by atoms with E-state index in [-0.39, 0.29) is 5.91 Å². The number of H-pyrrole nitrogens is 1. The van der Waals surface area contributed by atoms with Crippen molar-refractivity contribution in [2.75, 3.05) is 14.2 Å². The van der Waals surface area contributed by atoms with Crippen molar-refractivity contribution in [1.82, 2.24) is 15.4 Å². The number of nitrogens with zero attached hydrogens (tertiary/aromatic N) is 2. The molecule has 32 heavy (non-hydrogen) atoms. The minimum atomic E-state index is -0.302. The second-order valence-electron chi connectivity index (χ2n) is 7.43. The number of benzene rings is 3. The van der Waals surface area contributed by atoms with E-state index in [9.17, 15) is 4.79 Å². The average Bonchev–Trinajstić information content (AvgIpc) is 3.21. The number of carbonyl (C=O) groups is 1. The molecule has 4 aromatic rings. The van der Waals surface area contributed by atoms with Gasteiger partial charge in [0.05, 0.1) is 31.5 Å². The zero-order valence-electron chi connectivity index (χ0n) is 18.4. The van der Waals surface area contributed by atoms with Crippen molar-refractivity contribution in [3.05, 3.63) is 76.9 Å². The first kappa shape index (κ1) is 21.1. The number of aromatic nitrogens is 2. The van der Waals surface area contributed by atoms with Crippen LogP contribution in [0, 0.1) is 13.8 Å². The smallest absolute Gasteiger partial charge is 0.271 e. The minimum Gasteiger partial charge on any atom is -0.493 e. The van der Waals surface area contributed by atoms with Gasteiger partial charge < -0.3 is 14.5 Å². The van der Waals surface area contributed by atoms with Gasteiger partial charge in [-0.05, 0) is 73.0 Å². The minimum absolute atomic E-state index is 0.302. The van der Waals surface area contributed by atoms with Crippen LogP contribution < -0.4 is 14.9 Å². The lowest BCUT2D eigenvalue weighted by molar-refractivity contribution is 0.0955. The molecule has 0 atom stereocenters. The summed E-state index contributed by atoms with van der Waals surface area (Å²) in [6.45, 7) is 4.15. The first-order chi connectivity index (χ1) is 15.5. The standard InChI is InChI=1S/C25H24N4O3/c1-15-11-20-21(12-16(15)2)28-24(27-20)18-6-8-19(9-7-18)25(30)29-26-14-17-5-10-22(31-3)23(13-17)32-4/h5-14H,1-4H3,(H,27,28)(H,29,30)/b26-14+. The summed E-state index contributed by atoms with van der Waals surface area (Å²) < 4.78 is 10.5. The van der Waals surface area contributed by atoms with Gasteiger partial charge in [-0.15, -0.1) is 0 Å². The maximum Gasteiger partial charge on any atom is 0.271 e. The monoisotopic (exact) mass is 428 g/mol. The summed E-state index contributed by atoms with van der Waals surface area (Å²) in [7, 11) is 3.14. The van der Waals surface area contributed by atoms with E-state index in [0.29, 0.717) is 17.1 Å². The molecule has 7 heteroatoms. The van der Waals surface area contributed by atoms with E-state index in [0.717, 1.165) is 28.0 Å². The Kier molecular flexibility index (Phi) is 5.89. The first-order valence-corrected chi connectivity index (χ1v) is 10.1. The molecular formula is C25H24N4O3. The Morgan fingerprint density at radius 3 is 2.41 bits per heavy atom. The highest BCUT2D eigenvalue weighted by Crippen LogP contribution is 2.27. The molecule has 1 aromatic heterocycles. The molecule has 0 unspecified atom stereocenters. The van der Waals surface area contributed by atoms with Crippen molar-refractivity contribution in [1.29, 1.82) is 0 Å². The molecular weight excluding hydrogens is 404 g/mol. The summed E-state index contributed by atoms with van der Waals surface area (Å²) >= 11 is 0. The predicted molar refractivity (Wildman–Crippen MR) is 126 cm³/mol. The molecule has 1 heterocycles. The van der Waals surface area contributed by atoms with Crippen LogP contribution in [0.25, 0.3) is 22.4 Å². The Bertz CT molecular complexity index is 1270. The number of carbonyl (C=O) groups excluding carboxylic acids is 1. The van der Waals surface area contributed by atoms with Crippen LogP contribution in [0.3, 0.4) is 0 Å². The summed E-state index contributed by atoms with van der Waals surface area (Å²) in [5.74, 6) is 1.69. The lowest BCUT2D eigenvalue weighted by atomic mass is 10.1. The number of methoxy groups -OCH3 is 2. The van der Waals surface area contributed by atoms with E-state index in [1.807, 2.05) is 18.2 Å². The fraction of sp³-hybridized carbons (Fsp3) is 0.160. The number of fused-ring (bicyclic) bond motifs is 1. The normalized spacial score (nSPS) is 11.1. The average molecular weight is 428 g/mol. The summed E-state index contributed by atoms with van der Waals surface area (Å²) in [4.78, 5) is 20.4. The van der Waals surface area contributed by atoms with E-state index in [4.69, 9.17) is 9.47 Å². The number of rotatable bonds is 6. The third-order valence-corrected chi connectivity index (χ3v) is 5.31. The molecule has 0 fully saturated rings. The fourth-order valence-electron chi connectivity index (χ4n) is 3.35. The van der Waals surface area contributed by atoms with Crippen molar-refractivity contribution in [3.63, 3.8) is 0 Å². The predicted octanol–water partition coefficient (Wildman–Crippen LogP) is 4.63. The number of amides is 1. The number of imidazole rings is 1. The summed E-state index contributed by atoms with van der Waals surface area (Å²) in [5, 5.41) is 4.04. The topological polar surface area (TPSA) is 88.6 Å². The molecule has 162 valence electrons. The summed E-state index contributed by atoms with van der Waals surface area (Å²) in [6, 6.07) is 16.8. The Labute approximate surface area is 186 Å². The van der Waals surface area contributed by atoms with E-state index in [2.05, 4.69) is 46.5 Å². The van der Waals surface area contributed by atoms with Gasteiger partial charge >= 0.3 is 0 Å². The summed E-state index contributed by atoms with van der Waals surface area (Å²) in [6.07, 6.45) is 1.55. The SMILES string of the molecule is COc1ccc(/C=N/NC(=O)c2ccc(-c3nc4cc(C)c(C)cc4[nH]3)cc2)cc1OC.